The van der Waals surface area contributed by atoms with Crippen molar-refractivity contribution in [2.45, 2.75) is 192 Å². The minimum absolute atomic E-state index is 0.00736. The first-order chi connectivity index (χ1) is 43.5. The van der Waals surface area contributed by atoms with Crippen LogP contribution in [0.15, 0.2) is 54.6 Å². The Morgan fingerprint density at radius 2 is 1.09 bits per heavy atom. The maximum Gasteiger partial charge on any atom is 0.326 e. The number of phenols is 1. The van der Waals surface area contributed by atoms with Crippen molar-refractivity contribution in [1.29, 1.82) is 0 Å². The fourth-order valence-electron chi connectivity index (χ4n) is 10.0. The predicted octanol–water partition coefficient (Wildman–Crippen LogP) is -2.07. The van der Waals surface area contributed by atoms with Gasteiger partial charge >= 0.3 is 11.9 Å². The number of nitrogens with zero attached hydrogens (tertiary/aromatic N) is 1. The highest BCUT2D eigenvalue weighted by atomic mass is 16.4. The molecule has 1 saturated heterocycles. The Hall–Kier alpha value is -8.77. The molecule has 0 aromatic heterocycles. The van der Waals surface area contributed by atoms with E-state index in [0.717, 1.165) is 4.90 Å². The molecule has 1 aliphatic heterocycles. The second-order valence-corrected chi connectivity index (χ2v) is 23.9. The van der Waals surface area contributed by atoms with Crippen LogP contribution in [-0.2, 0) is 75.2 Å². The Labute approximate surface area is 535 Å². The van der Waals surface area contributed by atoms with E-state index in [-0.39, 0.29) is 75.6 Å². The highest BCUT2D eigenvalue weighted by molar-refractivity contribution is 6.00. The summed E-state index contributed by atoms with van der Waals surface area (Å²) in [4.78, 5) is 178. The number of aromatic hydroxyl groups is 1. The molecule has 30 heteroatoms. The van der Waals surface area contributed by atoms with Crippen LogP contribution in [0.5, 0.6) is 5.75 Å². The molecule has 30 nitrogen and oxygen atoms in total. The van der Waals surface area contributed by atoms with E-state index in [0.29, 0.717) is 49.8 Å². The SMILES string of the molecule is CC[C@H](C)[C@H](NC(=O)[C@@H](N)C(C)C)C(=O)N[C@@H](CCCCN)C(=O)N[C@@H](CC(=O)O)C(=O)N[C@@H](CC(C)C)C(=O)N1CCC[C@H]1C(=O)N[C@@H](CC(N)=O)C(=O)N[C@@H](Cc1ccccc1)C(=O)N[C@@H](Cc1ccc(O)cc1)C(=O)NCC(=O)N[C@@H](CCCCN)C(=O)O. The topological polar surface area (TPSA) is 498 Å². The summed E-state index contributed by atoms with van der Waals surface area (Å²) in [7, 11) is 0. The number of hydrogen-bond donors (Lipinski definition) is 16. The van der Waals surface area contributed by atoms with Gasteiger partial charge in [-0.25, -0.2) is 4.79 Å². The van der Waals surface area contributed by atoms with E-state index in [1.54, 1.807) is 71.9 Å². The molecule has 0 saturated carbocycles. The Kier molecular flexibility index (Phi) is 33.2. The number of phenolic OH excluding ortho intramolecular Hbond substituents is 1. The first-order valence-electron chi connectivity index (χ1n) is 31.2. The summed E-state index contributed by atoms with van der Waals surface area (Å²) in [5.74, 6) is -13.9. The number of hydrogen-bond acceptors (Lipinski definition) is 17. The van der Waals surface area contributed by atoms with E-state index in [9.17, 15) is 77.6 Å². The van der Waals surface area contributed by atoms with Crippen molar-refractivity contribution in [2.75, 3.05) is 26.2 Å². The summed E-state index contributed by atoms with van der Waals surface area (Å²) in [5.41, 5.74) is 23.9. The normalized spacial score (nSPS) is 16.1. The van der Waals surface area contributed by atoms with Crippen molar-refractivity contribution in [1.82, 2.24) is 52.8 Å². The Bertz CT molecular complexity index is 2830. The number of likely N-dealkylation sites (tertiary alicyclic amines) is 1. The maximum atomic E-state index is 14.7. The Morgan fingerprint density at radius 3 is 1.62 bits per heavy atom. The lowest BCUT2D eigenvalue weighted by molar-refractivity contribution is -0.144. The maximum absolute atomic E-state index is 14.7. The van der Waals surface area contributed by atoms with E-state index in [1.165, 1.54) is 24.3 Å². The number of carboxylic acids is 2. The monoisotopic (exact) mass is 1290 g/mol. The van der Waals surface area contributed by atoms with Crippen LogP contribution in [0.2, 0.25) is 0 Å². The number of nitrogens with two attached hydrogens (primary N) is 4. The summed E-state index contributed by atoms with van der Waals surface area (Å²) < 4.78 is 0. The van der Waals surface area contributed by atoms with Gasteiger partial charge in [0, 0.05) is 19.4 Å². The zero-order valence-corrected chi connectivity index (χ0v) is 53.3. The van der Waals surface area contributed by atoms with Crippen molar-refractivity contribution in [2.24, 2.45) is 40.7 Å². The summed E-state index contributed by atoms with van der Waals surface area (Å²) in [5, 5.41) is 52.4. The molecule has 11 amide bonds. The number of nitrogens with one attached hydrogen (secondary N) is 9. The van der Waals surface area contributed by atoms with Gasteiger partial charge < -0.3 is 91.0 Å². The van der Waals surface area contributed by atoms with Crippen molar-refractivity contribution in [3.63, 3.8) is 0 Å². The molecular weight excluding hydrogens is 1200 g/mol. The van der Waals surface area contributed by atoms with E-state index in [4.69, 9.17) is 22.9 Å². The standard InChI is InChI=1S/C62H96N14O16/c1-7-36(6)52(75-59(88)51(66)35(4)5)60(89)69-40(18-11-13-25-63)54(83)72-45(32-50(80)81)57(86)74-46(28-34(2)3)61(90)76-27-15-20-47(76)58(87)73-44(31-48(65)78)56(85)71-43(29-37-16-9-8-10-17-37)55(84)70-42(30-38-21-23-39(77)24-22-38)53(82)67-33-49(79)68-41(62(91)92)19-12-14-26-64/h8-10,16-17,21-24,34-36,40-47,51-52,77H,7,11-15,18-20,25-33,63-64,66H2,1-6H3,(H2,65,78)(H,67,82)(H,68,79)(H,69,89)(H,70,84)(H,71,85)(H,72,83)(H,73,87)(H,74,86)(H,75,88)(H,80,81)(H,91,92)/t36-,40-,41-,42-,43-,44-,45-,46-,47-,51-,52-/m0/s1. The third-order valence-corrected chi connectivity index (χ3v) is 15.5. The van der Waals surface area contributed by atoms with Gasteiger partial charge in [0.05, 0.1) is 25.4 Å². The Balaban J connectivity index is 1.91. The summed E-state index contributed by atoms with van der Waals surface area (Å²) in [6, 6.07) is -0.167. The fourth-order valence-corrected chi connectivity index (χ4v) is 10.0. The highest BCUT2D eigenvalue weighted by Gasteiger charge is 2.42. The van der Waals surface area contributed by atoms with Gasteiger partial charge in [0.2, 0.25) is 65.0 Å². The largest absolute Gasteiger partial charge is 0.508 e. The first-order valence-corrected chi connectivity index (χ1v) is 31.2. The van der Waals surface area contributed by atoms with Crippen LogP contribution >= 0.6 is 0 Å². The number of carbonyl (C=O) groups excluding carboxylic acids is 11. The molecule has 20 N–H and O–H groups in total. The molecule has 0 unspecified atom stereocenters. The van der Waals surface area contributed by atoms with Crippen LogP contribution in [0.1, 0.15) is 130 Å². The smallest absolute Gasteiger partial charge is 0.326 e. The van der Waals surface area contributed by atoms with Crippen LogP contribution in [0.4, 0.5) is 0 Å². The minimum Gasteiger partial charge on any atom is -0.508 e. The van der Waals surface area contributed by atoms with Crippen LogP contribution < -0.4 is 70.8 Å². The second-order valence-electron chi connectivity index (χ2n) is 23.9. The quantitative estimate of drug-likeness (QED) is 0.0318. The fraction of sp³-hybridized carbons (Fsp3) is 0.597. The van der Waals surface area contributed by atoms with Gasteiger partial charge in [-0.2, -0.15) is 0 Å². The van der Waals surface area contributed by atoms with Gasteiger partial charge in [0.25, 0.3) is 0 Å². The third-order valence-electron chi connectivity index (χ3n) is 15.5. The molecule has 11 atom stereocenters. The van der Waals surface area contributed by atoms with E-state index in [2.05, 4.69) is 47.9 Å². The lowest BCUT2D eigenvalue weighted by Crippen LogP contribution is -2.61. The number of rotatable bonds is 41. The number of unbranched alkanes of at least 4 members (excludes halogenated alkanes) is 2. The van der Waals surface area contributed by atoms with Gasteiger partial charge in [-0.05, 0) is 112 Å². The molecule has 1 heterocycles. The molecule has 0 bridgehead atoms. The third kappa shape index (κ3) is 26.6. The molecular formula is C62H96N14O16. The molecule has 0 aliphatic carbocycles. The zero-order chi connectivity index (χ0) is 68.8. The van der Waals surface area contributed by atoms with Crippen LogP contribution in [0, 0.1) is 17.8 Å². The molecule has 1 aliphatic rings. The number of aliphatic carboxylic acids is 2. The zero-order valence-electron chi connectivity index (χ0n) is 53.3. The molecule has 2 aromatic rings. The minimum atomic E-state index is -1.82. The molecule has 0 radical (unpaired) electrons. The Morgan fingerprint density at radius 1 is 0.576 bits per heavy atom. The number of primary amides is 1. The molecule has 92 heavy (non-hydrogen) atoms. The van der Waals surface area contributed by atoms with Crippen molar-refractivity contribution < 1.29 is 77.6 Å². The van der Waals surface area contributed by atoms with Gasteiger partial charge in [-0.1, -0.05) is 90.4 Å². The van der Waals surface area contributed by atoms with Crippen LogP contribution in [0.3, 0.4) is 0 Å². The first kappa shape index (κ1) is 77.5. The average Bonchev–Trinajstić information content (AvgIpc) is 1.59. The van der Waals surface area contributed by atoms with Crippen molar-refractivity contribution in [3.05, 3.63) is 65.7 Å². The van der Waals surface area contributed by atoms with Gasteiger partial charge in [-0.15, -0.1) is 0 Å². The summed E-state index contributed by atoms with van der Waals surface area (Å²) >= 11 is 0. The van der Waals surface area contributed by atoms with E-state index < -0.39 is 163 Å². The van der Waals surface area contributed by atoms with Gasteiger partial charge in [0.15, 0.2) is 0 Å². The van der Waals surface area contributed by atoms with E-state index in [1.807, 2.05) is 0 Å². The number of benzene rings is 2. The summed E-state index contributed by atoms with van der Waals surface area (Å²) in [6.07, 6.45) is 0.103. The second kappa shape index (κ2) is 39.5. The molecule has 3 rings (SSSR count). The van der Waals surface area contributed by atoms with Gasteiger partial charge in [0.1, 0.15) is 60.1 Å². The molecule has 2 aromatic carbocycles. The number of carbonyl (C=O) groups is 13. The molecule has 510 valence electrons. The van der Waals surface area contributed by atoms with Crippen molar-refractivity contribution >= 4 is 76.9 Å². The van der Waals surface area contributed by atoms with Crippen LogP contribution in [-0.4, -0.2) is 184 Å². The van der Waals surface area contributed by atoms with E-state index >= 15 is 0 Å². The lowest BCUT2D eigenvalue weighted by atomic mass is 9.96. The average molecular weight is 1290 g/mol. The molecule has 0 spiro atoms. The number of carboxylic acid groups (broad SMARTS) is 2. The lowest BCUT2D eigenvalue weighted by Gasteiger charge is -2.31. The highest BCUT2D eigenvalue weighted by Crippen LogP contribution is 2.22. The predicted molar refractivity (Wildman–Crippen MR) is 336 cm³/mol. The summed E-state index contributed by atoms with van der Waals surface area (Å²) in [6.45, 7) is 10.2. The van der Waals surface area contributed by atoms with Crippen molar-refractivity contribution in [3.8, 4) is 5.75 Å². The van der Waals surface area contributed by atoms with Crippen LogP contribution in [0.25, 0.3) is 0 Å². The molecule has 1 fully saturated rings. The number of amides is 11. The van der Waals surface area contributed by atoms with Gasteiger partial charge in [-0.3, -0.25) is 57.5 Å².